The molecule has 0 fully saturated rings. The molecule has 0 saturated carbocycles. The zero-order chi connectivity index (χ0) is 34.2. The Hall–Kier alpha value is -5.73. The van der Waals surface area contributed by atoms with Gasteiger partial charge in [-0.05, 0) is 84.2 Å². The van der Waals surface area contributed by atoms with E-state index in [1.165, 1.54) is 16.3 Å². The number of hydrogen-bond acceptors (Lipinski definition) is 1. The molecule has 0 aliphatic rings. The lowest BCUT2D eigenvalue weighted by Gasteiger charge is -2.20. The third kappa shape index (κ3) is 3.92. The lowest BCUT2D eigenvalue weighted by Crippen LogP contribution is -2.01. The third-order valence-electron chi connectivity index (χ3n) is 9.05. The Labute approximate surface area is 268 Å². The molecule has 0 atom stereocenters. The van der Waals surface area contributed by atoms with Crippen molar-refractivity contribution in [2.45, 2.75) is 13.2 Å². The van der Waals surface area contributed by atoms with Crippen LogP contribution in [-0.4, -0.2) is 9.55 Å². The summed E-state index contributed by atoms with van der Waals surface area (Å²) in [5.74, 6) is -0.146. The number of para-hydroxylation sites is 2. The van der Waals surface area contributed by atoms with Crippen molar-refractivity contribution in [2.24, 2.45) is 0 Å². The SMILES string of the molecule is [2H]C([2H])([2H])C([2H])([2H])c1nc2ccccc2n1-c1ccc(-c2c3ccccc3c(-c3ccc4ccccc4c3)c3ccccc23)c2ccccc12. The molecular weight excluding hydrogens is 544 g/mol. The van der Waals surface area contributed by atoms with E-state index in [4.69, 9.17) is 6.85 Å². The van der Waals surface area contributed by atoms with Gasteiger partial charge in [-0.3, -0.25) is 4.57 Å². The van der Waals surface area contributed by atoms with E-state index < -0.39 is 13.2 Å². The number of aryl methyl sites for hydroxylation is 1. The maximum atomic E-state index is 8.76. The average molecular weight is 580 g/mol. The van der Waals surface area contributed by atoms with Gasteiger partial charge in [-0.15, -0.1) is 0 Å². The average Bonchev–Trinajstić information content (AvgIpc) is 3.53. The molecule has 0 amide bonds. The van der Waals surface area contributed by atoms with Crippen LogP contribution in [0.5, 0.6) is 0 Å². The summed E-state index contributed by atoms with van der Waals surface area (Å²) in [4.78, 5) is 4.58. The number of nitrogens with zero attached hydrogens (tertiary/aromatic N) is 2. The fourth-order valence-electron chi connectivity index (χ4n) is 7.12. The van der Waals surface area contributed by atoms with Gasteiger partial charge in [0.15, 0.2) is 0 Å². The summed E-state index contributed by atoms with van der Waals surface area (Å²) in [7, 11) is 0. The van der Waals surface area contributed by atoms with E-state index in [9.17, 15) is 0 Å². The molecule has 9 aromatic rings. The molecule has 9 rings (SSSR count). The van der Waals surface area contributed by atoms with Crippen LogP contribution in [0, 0.1) is 0 Å². The standard InChI is InChI=1S/C43H30N2/c1-2-41-44-38-21-11-12-22-40(38)45(41)39-26-25-37(31-15-5-6-16-32(31)39)43-35-19-9-7-17-33(35)42(34-18-8-10-20-36(34)43)30-24-23-28-13-3-4-14-29(28)27-30/h3-27H,2H2,1H3/i1D3,2D2. The maximum absolute atomic E-state index is 8.76. The Morgan fingerprint density at radius 3 is 1.89 bits per heavy atom. The van der Waals surface area contributed by atoms with Crippen LogP contribution in [0.4, 0.5) is 0 Å². The molecule has 0 aliphatic heterocycles. The van der Waals surface area contributed by atoms with E-state index in [0.29, 0.717) is 16.7 Å². The van der Waals surface area contributed by atoms with Crippen molar-refractivity contribution in [3.63, 3.8) is 0 Å². The molecule has 2 nitrogen and oxygen atoms in total. The monoisotopic (exact) mass is 579 g/mol. The Balaban J connectivity index is 1.36. The topological polar surface area (TPSA) is 17.8 Å². The molecule has 0 bridgehead atoms. The Kier molecular flexibility index (Phi) is 4.76. The predicted octanol–water partition coefficient (Wildman–Crippen LogP) is 11.5. The lowest BCUT2D eigenvalue weighted by molar-refractivity contribution is 0.913. The zero-order valence-electron chi connectivity index (χ0n) is 29.3. The van der Waals surface area contributed by atoms with Crippen molar-refractivity contribution in [1.29, 1.82) is 0 Å². The van der Waals surface area contributed by atoms with Crippen molar-refractivity contribution >= 4 is 54.1 Å². The minimum atomic E-state index is -2.92. The van der Waals surface area contributed by atoms with Gasteiger partial charge in [0.25, 0.3) is 0 Å². The van der Waals surface area contributed by atoms with Crippen molar-refractivity contribution in [2.75, 3.05) is 0 Å². The van der Waals surface area contributed by atoms with Gasteiger partial charge in [0, 0.05) is 18.6 Å². The van der Waals surface area contributed by atoms with E-state index in [0.717, 1.165) is 49.0 Å². The second kappa shape index (κ2) is 10.2. The second-order valence-corrected chi connectivity index (χ2v) is 11.5. The Bertz CT molecular complexity index is 2740. The maximum Gasteiger partial charge on any atom is 0.114 e. The van der Waals surface area contributed by atoms with E-state index in [2.05, 4.69) is 108 Å². The first kappa shape index (κ1) is 21.1. The zero-order valence-corrected chi connectivity index (χ0v) is 24.3. The number of imidazole rings is 1. The van der Waals surface area contributed by atoms with E-state index in [1.54, 1.807) is 10.6 Å². The van der Waals surface area contributed by atoms with Crippen molar-refractivity contribution in [3.8, 4) is 27.9 Å². The van der Waals surface area contributed by atoms with Crippen LogP contribution in [0.1, 0.15) is 19.5 Å². The van der Waals surface area contributed by atoms with E-state index in [1.807, 2.05) is 42.5 Å². The van der Waals surface area contributed by atoms with Gasteiger partial charge in [0.2, 0.25) is 0 Å². The third-order valence-corrected chi connectivity index (χ3v) is 9.05. The minimum absolute atomic E-state index is 0.146. The smallest absolute Gasteiger partial charge is 0.114 e. The van der Waals surface area contributed by atoms with E-state index in [-0.39, 0.29) is 5.82 Å². The van der Waals surface area contributed by atoms with E-state index >= 15 is 0 Å². The number of aromatic nitrogens is 2. The van der Waals surface area contributed by atoms with Crippen LogP contribution in [0.15, 0.2) is 152 Å². The van der Waals surface area contributed by atoms with Crippen molar-refractivity contribution in [1.82, 2.24) is 9.55 Å². The van der Waals surface area contributed by atoms with Gasteiger partial charge in [-0.2, -0.15) is 0 Å². The number of benzene rings is 8. The molecule has 0 N–H and O–H groups in total. The van der Waals surface area contributed by atoms with Gasteiger partial charge in [0.1, 0.15) is 5.82 Å². The highest BCUT2D eigenvalue weighted by atomic mass is 15.1. The van der Waals surface area contributed by atoms with Crippen LogP contribution in [0.25, 0.3) is 82.1 Å². The molecule has 1 heterocycles. The summed E-state index contributed by atoms with van der Waals surface area (Å²) in [5.41, 5.74) is 6.33. The molecule has 8 aromatic carbocycles. The summed E-state index contributed by atoms with van der Waals surface area (Å²) in [6.45, 7) is -2.92. The number of hydrogen-bond donors (Lipinski definition) is 0. The van der Waals surface area contributed by atoms with Gasteiger partial charge < -0.3 is 0 Å². The van der Waals surface area contributed by atoms with Gasteiger partial charge in [-0.25, -0.2) is 4.98 Å². The molecule has 0 spiro atoms. The molecule has 1 aromatic heterocycles. The van der Waals surface area contributed by atoms with Crippen LogP contribution < -0.4 is 0 Å². The summed E-state index contributed by atoms with van der Waals surface area (Å²) < 4.78 is 43.5. The first-order valence-electron chi connectivity index (χ1n) is 17.7. The van der Waals surface area contributed by atoms with Crippen molar-refractivity contribution < 1.29 is 6.85 Å². The Morgan fingerprint density at radius 1 is 0.556 bits per heavy atom. The summed E-state index contributed by atoms with van der Waals surface area (Å²) in [5, 5.41) is 8.78. The lowest BCUT2D eigenvalue weighted by atomic mass is 9.84. The number of fused-ring (bicyclic) bond motifs is 5. The molecule has 0 aliphatic carbocycles. The molecular formula is C43H30N2. The van der Waals surface area contributed by atoms with Gasteiger partial charge >= 0.3 is 0 Å². The highest BCUT2D eigenvalue weighted by Gasteiger charge is 2.20. The van der Waals surface area contributed by atoms with Crippen LogP contribution in [0.2, 0.25) is 0 Å². The molecule has 0 radical (unpaired) electrons. The number of rotatable bonds is 4. The molecule has 2 heteroatoms. The molecule has 212 valence electrons. The first-order chi connectivity index (χ1) is 24.2. The quantitative estimate of drug-likeness (QED) is 0.190. The van der Waals surface area contributed by atoms with Gasteiger partial charge in [0.05, 0.1) is 16.7 Å². The fourth-order valence-corrected chi connectivity index (χ4v) is 7.12. The van der Waals surface area contributed by atoms with Gasteiger partial charge in [-0.1, -0.05) is 134 Å². The Morgan fingerprint density at radius 2 is 1.16 bits per heavy atom. The first-order valence-corrected chi connectivity index (χ1v) is 15.2. The molecule has 0 unspecified atom stereocenters. The minimum Gasteiger partial charge on any atom is -0.296 e. The van der Waals surface area contributed by atoms with Crippen LogP contribution >= 0.6 is 0 Å². The highest BCUT2D eigenvalue weighted by molar-refractivity contribution is 6.24. The summed E-state index contributed by atoms with van der Waals surface area (Å²) in [6, 6.07) is 51.8. The van der Waals surface area contributed by atoms with Crippen LogP contribution in [-0.2, 0) is 6.37 Å². The van der Waals surface area contributed by atoms with Crippen molar-refractivity contribution in [3.05, 3.63) is 157 Å². The molecule has 45 heavy (non-hydrogen) atoms. The normalized spacial score (nSPS) is 14.0. The van der Waals surface area contributed by atoms with Crippen LogP contribution in [0.3, 0.4) is 0 Å². The molecule has 0 saturated heterocycles. The largest absolute Gasteiger partial charge is 0.296 e. The fraction of sp³-hybridized carbons (Fsp3) is 0.0465. The predicted molar refractivity (Wildman–Crippen MR) is 191 cm³/mol. The highest BCUT2D eigenvalue weighted by Crippen LogP contribution is 2.46. The summed E-state index contributed by atoms with van der Waals surface area (Å²) in [6.07, 6.45) is -2.70. The summed E-state index contributed by atoms with van der Waals surface area (Å²) >= 11 is 0. The second-order valence-electron chi connectivity index (χ2n) is 11.5.